The van der Waals surface area contributed by atoms with Crippen molar-refractivity contribution in [3.8, 4) is 0 Å². The minimum atomic E-state index is -0.406. The SMILES string of the molecule is C=CCOCC(O)CCCCO. The molecule has 0 spiro atoms. The molecule has 0 aromatic heterocycles. The summed E-state index contributed by atoms with van der Waals surface area (Å²) in [4.78, 5) is 0. The topological polar surface area (TPSA) is 49.7 Å². The van der Waals surface area contributed by atoms with Crippen molar-refractivity contribution in [3.05, 3.63) is 12.7 Å². The first-order valence-corrected chi connectivity index (χ1v) is 4.28. The molecular formula is C9H18O3. The van der Waals surface area contributed by atoms with E-state index in [0.29, 0.717) is 19.6 Å². The van der Waals surface area contributed by atoms with Gasteiger partial charge in [0.15, 0.2) is 0 Å². The average Bonchev–Trinajstić information content (AvgIpc) is 2.06. The Kier molecular flexibility index (Phi) is 8.44. The van der Waals surface area contributed by atoms with E-state index in [-0.39, 0.29) is 6.61 Å². The standard InChI is InChI=1S/C9H18O3/c1-2-7-12-8-9(11)5-3-4-6-10/h2,9-11H,1,3-8H2. The highest BCUT2D eigenvalue weighted by Crippen LogP contribution is 2.00. The fourth-order valence-corrected chi connectivity index (χ4v) is 0.863. The summed E-state index contributed by atoms with van der Waals surface area (Å²) in [5.41, 5.74) is 0. The number of ether oxygens (including phenoxy) is 1. The van der Waals surface area contributed by atoms with Gasteiger partial charge in [-0.2, -0.15) is 0 Å². The van der Waals surface area contributed by atoms with E-state index in [0.717, 1.165) is 12.8 Å². The van der Waals surface area contributed by atoms with Gasteiger partial charge in [-0.3, -0.25) is 0 Å². The van der Waals surface area contributed by atoms with Crippen molar-refractivity contribution < 1.29 is 14.9 Å². The maximum atomic E-state index is 9.26. The molecule has 0 fully saturated rings. The number of unbranched alkanes of at least 4 members (excludes halogenated alkanes) is 1. The maximum Gasteiger partial charge on any atom is 0.0773 e. The van der Waals surface area contributed by atoms with Gasteiger partial charge in [-0.25, -0.2) is 0 Å². The highest BCUT2D eigenvalue weighted by molar-refractivity contribution is 4.64. The van der Waals surface area contributed by atoms with E-state index >= 15 is 0 Å². The van der Waals surface area contributed by atoms with Gasteiger partial charge in [0.05, 0.1) is 19.3 Å². The molecule has 0 aliphatic heterocycles. The third-order valence-electron chi connectivity index (χ3n) is 1.49. The second kappa shape index (κ2) is 8.71. The molecule has 0 aliphatic carbocycles. The molecule has 2 N–H and O–H groups in total. The molecule has 1 atom stereocenters. The average molecular weight is 174 g/mol. The summed E-state index contributed by atoms with van der Waals surface area (Å²) in [6.45, 7) is 4.53. The van der Waals surface area contributed by atoms with Gasteiger partial charge in [0.1, 0.15) is 0 Å². The van der Waals surface area contributed by atoms with Gasteiger partial charge >= 0.3 is 0 Å². The Morgan fingerprint density at radius 3 is 2.75 bits per heavy atom. The Morgan fingerprint density at radius 2 is 2.17 bits per heavy atom. The zero-order valence-corrected chi connectivity index (χ0v) is 7.41. The summed E-state index contributed by atoms with van der Waals surface area (Å²) < 4.78 is 5.04. The summed E-state index contributed by atoms with van der Waals surface area (Å²) in [6.07, 6.45) is 3.53. The highest BCUT2D eigenvalue weighted by atomic mass is 16.5. The van der Waals surface area contributed by atoms with E-state index in [1.807, 2.05) is 0 Å². The van der Waals surface area contributed by atoms with Crippen LogP contribution in [0.4, 0.5) is 0 Å². The molecule has 0 aliphatic rings. The fraction of sp³-hybridized carbons (Fsp3) is 0.778. The Hall–Kier alpha value is -0.380. The van der Waals surface area contributed by atoms with Crippen LogP contribution in [-0.4, -0.2) is 36.1 Å². The Labute approximate surface area is 73.7 Å². The van der Waals surface area contributed by atoms with Crippen molar-refractivity contribution in [2.45, 2.75) is 25.4 Å². The van der Waals surface area contributed by atoms with E-state index < -0.39 is 6.10 Å². The van der Waals surface area contributed by atoms with Crippen molar-refractivity contribution in [2.24, 2.45) is 0 Å². The van der Waals surface area contributed by atoms with E-state index in [9.17, 15) is 5.11 Å². The summed E-state index contributed by atoms with van der Waals surface area (Å²) in [6, 6.07) is 0. The number of aliphatic hydroxyl groups excluding tert-OH is 2. The number of rotatable bonds is 8. The molecule has 0 rings (SSSR count). The van der Waals surface area contributed by atoms with Crippen LogP contribution in [0.25, 0.3) is 0 Å². The van der Waals surface area contributed by atoms with Gasteiger partial charge in [-0.1, -0.05) is 6.08 Å². The van der Waals surface area contributed by atoms with Crippen LogP contribution in [-0.2, 0) is 4.74 Å². The lowest BCUT2D eigenvalue weighted by molar-refractivity contribution is 0.0425. The molecule has 0 bridgehead atoms. The molecule has 1 unspecified atom stereocenters. The predicted octanol–water partition coefficient (Wildman–Crippen LogP) is 0.712. The molecule has 3 heteroatoms. The molecule has 0 aromatic rings. The number of aliphatic hydroxyl groups is 2. The van der Waals surface area contributed by atoms with Crippen LogP contribution in [0.1, 0.15) is 19.3 Å². The van der Waals surface area contributed by atoms with Crippen LogP contribution in [0, 0.1) is 0 Å². The van der Waals surface area contributed by atoms with Crippen molar-refractivity contribution in [1.82, 2.24) is 0 Å². The zero-order chi connectivity index (χ0) is 9.23. The van der Waals surface area contributed by atoms with Gasteiger partial charge in [0.25, 0.3) is 0 Å². The normalized spacial score (nSPS) is 12.8. The molecule has 0 aromatic carbocycles. The lowest BCUT2D eigenvalue weighted by atomic mass is 10.2. The first kappa shape index (κ1) is 11.6. The second-order valence-corrected chi connectivity index (χ2v) is 2.70. The predicted molar refractivity (Wildman–Crippen MR) is 48.0 cm³/mol. The molecule has 3 nitrogen and oxygen atoms in total. The molecule has 72 valence electrons. The van der Waals surface area contributed by atoms with Crippen molar-refractivity contribution in [2.75, 3.05) is 19.8 Å². The number of hydrogen-bond acceptors (Lipinski definition) is 3. The van der Waals surface area contributed by atoms with Crippen LogP contribution >= 0.6 is 0 Å². The Bertz CT molecular complexity index is 104. The maximum absolute atomic E-state index is 9.26. The Morgan fingerprint density at radius 1 is 1.42 bits per heavy atom. The molecule has 0 radical (unpaired) electrons. The number of hydrogen-bond donors (Lipinski definition) is 2. The third-order valence-corrected chi connectivity index (χ3v) is 1.49. The smallest absolute Gasteiger partial charge is 0.0773 e. The van der Waals surface area contributed by atoms with E-state index in [1.165, 1.54) is 0 Å². The molecule has 0 amide bonds. The van der Waals surface area contributed by atoms with Crippen LogP contribution in [0.3, 0.4) is 0 Å². The lowest BCUT2D eigenvalue weighted by Crippen LogP contribution is -2.15. The summed E-state index contributed by atoms with van der Waals surface area (Å²) in [5, 5.41) is 17.7. The lowest BCUT2D eigenvalue weighted by Gasteiger charge is -2.09. The largest absolute Gasteiger partial charge is 0.396 e. The quantitative estimate of drug-likeness (QED) is 0.421. The molecule has 0 saturated carbocycles. The van der Waals surface area contributed by atoms with Crippen LogP contribution in [0.2, 0.25) is 0 Å². The van der Waals surface area contributed by atoms with Crippen LogP contribution in [0.15, 0.2) is 12.7 Å². The van der Waals surface area contributed by atoms with Crippen LogP contribution < -0.4 is 0 Å². The molecule has 0 saturated heterocycles. The van der Waals surface area contributed by atoms with Gasteiger partial charge in [0.2, 0.25) is 0 Å². The Balaban J connectivity index is 3.09. The van der Waals surface area contributed by atoms with Crippen LogP contribution in [0.5, 0.6) is 0 Å². The summed E-state index contributed by atoms with van der Waals surface area (Å²) in [5.74, 6) is 0. The molecular weight excluding hydrogens is 156 g/mol. The van der Waals surface area contributed by atoms with Gasteiger partial charge < -0.3 is 14.9 Å². The fourth-order valence-electron chi connectivity index (χ4n) is 0.863. The van der Waals surface area contributed by atoms with Crippen molar-refractivity contribution in [3.63, 3.8) is 0 Å². The monoisotopic (exact) mass is 174 g/mol. The van der Waals surface area contributed by atoms with E-state index in [2.05, 4.69) is 6.58 Å². The summed E-state index contributed by atoms with van der Waals surface area (Å²) >= 11 is 0. The minimum Gasteiger partial charge on any atom is -0.396 e. The van der Waals surface area contributed by atoms with Gasteiger partial charge in [0, 0.05) is 6.61 Å². The minimum absolute atomic E-state index is 0.195. The van der Waals surface area contributed by atoms with Crippen molar-refractivity contribution in [1.29, 1.82) is 0 Å². The highest BCUT2D eigenvalue weighted by Gasteiger charge is 2.02. The first-order chi connectivity index (χ1) is 5.81. The van der Waals surface area contributed by atoms with Crippen molar-refractivity contribution >= 4 is 0 Å². The van der Waals surface area contributed by atoms with Gasteiger partial charge in [-0.05, 0) is 19.3 Å². The third kappa shape index (κ3) is 7.72. The summed E-state index contributed by atoms with van der Waals surface area (Å²) in [7, 11) is 0. The van der Waals surface area contributed by atoms with E-state index in [1.54, 1.807) is 6.08 Å². The molecule has 0 heterocycles. The van der Waals surface area contributed by atoms with Gasteiger partial charge in [-0.15, -0.1) is 6.58 Å². The first-order valence-electron chi connectivity index (χ1n) is 4.28. The second-order valence-electron chi connectivity index (χ2n) is 2.70. The molecule has 12 heavy (non-hydrogen) atoms. The van der Waals surface area contributed by atoms with E-state index in [4.69, 9.17) is 9.84 Å². The zero-order valence-electron chi connectivity index (χ0n) is 7.41.